The minimum atomic E-state index is -4.54. The van der Waals surface area contributed by atoms with Gasteiger partial charge in [0.1, 0.15) is 12.2 Å². The second kappa shape index (κ2) is 45.7. The average Bonchev–Trinajstić information content (AvgIpc) is 3.23. The van der Waals surface area contributed by atoms with Gasteiger partial charge in [0.05, 0.1) is 26.4 Å². The van der Waals surface area contributed by atoms with Gasteiger partial charge < -0.3 is 24.6 Å². The fourth-order valence-electron chi connectivity index (χ4n) is 6.39. The number of ether oxygens (including phenoxy) is 2. The fraction of sp³-hybridized carbons (Fsp3) is 0.776. The number of aliphatic hydroxyl groups is 2. The second-order valence-corrected chi connectivity index (χ2v) is 17.2. The van der Waals surface area contributed by atoms with Crippen LogP contribution in [0.25, 0.3) is 0 Å². The number of allylic oxidation sites excluding steroid dienone is 10. The van der Waals surface area contributed by atoms with Crippen molar-refractivity contribution in [2.24, 2.45) is 0 Å². The summed E-state index contributed by atoms with van der Waals surface area (Å²) in [6.07, 6.45) is 53.4. The van der Waals surface area contributed by atoms with Crippen LogP contribution in [0.15, 0.2) is 60.8 Å². The Hall–Kier alpha value is -1.84. The zero-order valence-corrected chi connectivity index (χ0v) is 38.6. The lowest BCUT2D eigenvalue weighted by atomic mass is 10.0. The van der Waals surface area contributed by atoms with Gasteiger partial charge >= 0.3 is 13.8 Å². The highest BCUT2D eigenvalue weighted by molar-refractivity contribution is 7.47. The van der Waals surface area contributed by atoms with Crippen molar-refractivity contribution in [1.29, 1.82) is 0 Å². The van der Waals surface area contributed by atoms with Gasteiger partial charge in [-0.05, 0) is 51.4 Å². The third kappa shape index (κ3) is 45.5. The van der Waals surface area contributed by atoms with Crippen LogP contribution in [0.1, 0.15) is 200 Å². The number of aliphatic hydroxyl groups excluding tert-OH is 2. The first kappa shape index (κ1) is 57.2. The van der Waals surface area contributed by atoms with Gasteiger partial charge in [0.15, 0.2) is 0 Å². The molecule has 0 aliphatic heterocycles. The summed E-state index contributed by atoms with van der Waals surface area (Å²) in [5.41, 5.74) is 0. The van der Waals surface area contributed by atoms with E-state index >= 15 is 0 Å². The number of hydrogen-bond donors (Lipinski definition) is 3. The molecule has 0 aromatic carbocycles. The van der Waals surface area contributed by atoms with Gasteiger partial charge in [-0.25, -0.2) is 4.57 Å². The topological polar surface area (TPSA) is 132 Å². The first-order chi connectivity index (χ1) is 28.8. The van der Waals surface area contributed by atoms with E-state index in [0.29, 0.717) is 13.0 Å². The SMILES string of the molecule is CC/C=C\C/C=C\C/C=C\C/C=C\C/C=C\CCCC(=O)OC(COCCCCCCCCCCCCCCCCCCCCCCC)COP(=O)(O)OCC(O)CO. The molecule has 59 heavy (non-hydrogen) atoms. The van der Waals surface area contributed by atoms with Crippen molar-refractivity contribution < 1.29 is 43.0 Å². The molecule has 3 unspecified atom stereocenters. The third-order valence-corrected chi connectivity index (χ3v) is 10.9. The van der Waals surface area contributed by atoms with E-state index in [1.54, 1.807) is 0 Å². The Morgan fingerprint density at radius 2 is 0.949 bits per heavy atom. The van der Waals surface area contributed by atoms with E-state index in [2.05, 4.69) is 74.6 Å². The molecule has 3 atom stereocenters. The van der Waals surface area contributed by atoms with Crippen LogP contribution in [0.2, 0.25) is 0 Å². The molecule has 0 spiro atoms. The van der Waals surface area contributed by atoms with E-state index < -0.39 is 45.8 Å². The van der Waals surface area contributed by atoms with Crippen LogP contribution in [-0.2, 0) is 27.9 Å². The molecule has 0 aliphatic rings. The summed E-state index contributed by atoms with van der Waals surface area (Å²) >= 11 is 0. The van der Waals surface area contributed by atoms with E-state index in [9.17, 15) is 19.4 Å². The molecule has 0 saturated carbocycles. The van der Waals surface area contributed by atoms with Crippen molar-refractivity contribution >= 4 is 13.8 Å². The fourth-order valence-corrected chi connectivity index (χ4v) is 7.18. The number of carbonyl (C=O) groups is 1. The standard InChI is InChI=1S/C49H89O9P/c1-3-5-7-9-11-13-15-17-19-21-22-23-24-26-28-30-32-34-36-38-40-42-55-45-48(46-57-59(53,54)56-44-47(51)43-50)58-49(52)41-39-37-35-33-31-29-27-25-20-18-16-14-12-10-8-6-4-2/h6,8,12,14,18,20,27,29,33,35,47-48,50-51H,3-5,7,9-11,13,15-17,19,21-26,28,30-32,34,36-46H2,1-2H3,(H,53,54)/b8-6-,14-12-,20-18-,29-27-,35-33-. The van der Waals surface area contributed by atoms with E-state index in [1.807, 2.05) is 0 Å². The number of hydrogen-bond acceptors (Lipinski definition) is 8. The van der Waals surface area contributed by atoms with Crippen molar-refractivity contribution in [3.05, 3.63) is 60.8 Å². The molecule has 0 radical (unpaired) electrons. The maximum atomic E-state index is 12.6. The molecular formula is C49H89O9P. The van der Waals surface area contributed by atoms with Crippen molar-refractivity contribution in [3.63, 3.8) is 0 Å². The Labute approximate surface area is 361 Å². The molecule has 0 saturated heterocycles. The van der Waals surface area contributed by atoms with E-state index in [-0.39, 0.29) is 13.0 Å². The second-order valence-electron chi connectivity index (χ2n) is 15.8. The van der Waals surface area contributed by atoms with Crippen LogP contribution in [-0.4, -0.2) is 66.3 Å². The summed E-state index contributed by atoms with van der Waals surface area (Å²) in [7, 11) is -4.54. The summed E-state index contributed by atoms with van der Waals surface area (Å²) in [4.78, 5) is 22.6. The third-order valence-electron chi connectivity index (χ3n) is 9.97. The molecule has 344 valence electrons. The maximum absolute atomic E-state index is 12.6. The van der Waals surface area contributed by atoms with E-state index in [0.717, 1.165) is 57.8 Å². The van der Waals surface area contributed by atoms with Crippen LogP contribution in [0.5, 0.6) is 0 Å². The molecular weight excluding hydrogens is 764 g/mol. The molecule has 0 amide bonds. The Balaban J connectivity index is 4.17. The van der Waals surface area contributed by atoms with Crippen LogP contribution in [0.4, 0.5) is 0 Å². The van der Waals surface area contributed by atoms with Crippen molar-refractivity contribution in [2.45, 2.75) is 212 Å². The summed E-state index contributed by atoms with van der Waals surface area (Å²) in [6.45, 7) is 3.35. The quantitative estimate of drug-likeness (QED) is 0.0237. The van der Waals surface area contributed by atoms with Crippen LogP contribution in [0.3, 0.4) is 0 Å². The van der Waals surface area contributed by atoms with Gasteiger partial charge in [0, 0.05) is 13.0 Å². The van der Waals surface area contributed by atoms with E-state index in [1.165, 1.54) is 116 Å². The normalized spacial score (nSPS) is 14.5. The lowest BCUT2D eigenvalue weighted by Gasteiger charge is -2.20. The van der Waals surface area contributed by atoms with Crippen molar-refractivity contribution in [2.75, 3.05) is 33.0 Å². The van der Waals surface area contributed by atoms with Crippen LogP contribution < -0.4 is 0 Å². The molecule has 0 fully saturated rings. The Morgan fingerprint density at radius 1 is 0.542 bits per heavy atom. The first-order valence-electron chi connectivity index (χ1n) is 23.8. The minimum Gasteiger partial charge on any atom is -0.457 e. The van der Waals surface area contributed by atoms with Gasteiger partial charge in [0.25, 0.3) is 0 Å². The Bertz CT molecular complexity index is 1100. The molecule has 0 heterocycles. The predicted molar refractivity (Wildman–Crippen MR) is 246 cm³/mol. The highest BCUT2D eigenvalue weighted by Crippen LogP contribution is 2.43. The minimum absolute atomic E-state index is 0.0268. The van der Waals surface area contributed by atoms with Crippen molar-refractivity contribution in [1.82, 2.24) is 0 Å². The zero-order chi connectivity index (χ0) is 43.2. The summed E-state index contributed by atoms with van der Waals surface area (Å²) in [5.74, 6) is -0.437. The molecule has 0 rings (SSSR count). The highest BCUT2D eigenvalue weighted by Gasteiger charge is 2.26. The number of carbonyl (C=O) groups excluding carboxylic acids is 1. The molecule has 0 aliphatic carbocycles. The molecule has 0 aromatic rings. The van der Waals surface area contributed by atoms with Crippen LogP contribution >= 0.6 is 7.82 Å². The van der Waals surface area contributed by atoms with Gasteiger partial charge in [0.2, 0.25) is 0 Å². The number of esters is 1. The average molecular weight is 853 g/mol. The number of unbranched alkanes of at least 4 members (excludes halogenated alkanes) is 21. The number of phosphoric ester groups is 1. The molecule has 0 aromatic heterocycles. The molecule has 9 nitrogen and oxygen atoms in total. The zero-order valence-electron chi connectivity index (χ0n) is 37.7. The van der Waals surface area contributed by atoms with Gasteiger partial charge in [-0.15, -0.1) is 0 Å². The molecule has 0 bridgehead atoms. The van der Waals surface area contributed by atoms with Gasteiger partial charge in [-0.3, -0.25) is 13.8 Å². The number of rotatable bonds is 45. The summed E-state index contributed by atoms with van der Waals surface area (Å²) < 4.78 is 33.4. The van der Waals surface area contributed by atoms with Crippen LogP contribution in [0, 0.1) is 0 Å². The van der Waals surface area contributed by atoms with Gasteiger partial charge in [-0.2, -0.15) is 0 Å². The highest BCUT2D eigenvalue weighted by atomic mass is 31.2. The van der Waals surface area contributed by atoms with Crippen molar-refractivity contribution in [3.8, 4) is 0 Å². The molecule has 10 heteroatoms. The summed E-state index contributed by atoms with van der Waals surface area (Å²) in [6, 6.07) is 0. The largest absolute Gasteiger partial charge is 0.472 e. The maximum Gasteiger partial charge on any atom is 0.472 e. The lowest BCUT2D eigenvalue weighted by Crippen LogP contribution is -2.29. The predicted octanol–water partition coefficient (Wildman–Crippen LogP) is 13.5. The Morgan fingerprint density at radius 3 is 1.39 bits per heavy atom. The Kier molecular flexibility index (Phi) is 44.3. The number of phosphoric acid groups is 1. The smallest absolute Gasteiger partial charge is 0.457 e. The first-order valence-corrected chi connectivity index (χ1v) is 25.3. The van der Waals surface area contributed by atoms with Gasteiger partial charge in [-0.1, -0.05) is 203 Å². The summed E-state index contributed by atoms with van der Waals surface area (Å²) in [5, 5.41) is 18.4. The monoisotopic (exact) mass is 853 g/mol. The molecule has 3 N–H and O–H groups in total. The lowest BCUT2D eigenvalue weighted by molar-refractivity contribution is -0.154. The van der Waals surface area contributed by atoms with E-state index in [4.69, 9.17) is 23.6 Å².